The molecule has 0 aromatic heterocycles. The minimum absolute atomic E-state index is 0.243. The molecule has 0 atom stereocenters. The van der Waals surface area contributed by atoms with Crippen molar-refractivity contribution in [3.05, 3.63) is 29.8 Å². The van der Waals surface area contributed by atoms with Crippen LogP contribution in [0.25, 0.3) is 0 Å². The van der Waals surface area contributed by atoms with E-state index in [1.54, 1.807) is 24.3 Å². The van der Waals surface area contributed by atoms with Gasteiger partial charge in [-0.1, -0.05) is 117 Å². The third-order valence-corrected chi connectivity index (χ3v) is 6.29. The van der Waals surface area contributed by atoms with E-state index in [1.165, 1.54) is 83.5 Å². The molecule has 0 saturated heterocycles. The molecule has 0 heterocycles. The maximum atomic E-state index is 11.9. The van der Waals surface area contributed by atoms with Crippen molar-refractivity contribution in [1.82, 2.24) is 0 Å². The number of carbonyl (C=O) groups is 2. The third-order valence-electron chi connectivity index (χ3n) is 6.29. The second-order valence-corrected chi connectivity index (χ2v) is 9.65. The Kier molecular flexibility index (Phi) is 21.3. The Bertz CT molecular complexity index is 675. The minimum Gasteiger partial charge on any atom is -0.494 e. The van der Waals surface area contributed by atoms with Crippen LogP contribution in [0, 0.1) is 0 Å². The molecule has 1 rings (SSSR count). The first-order valence-corrected chi connectivity index (χ1v) is 14.6. The maximum Gasteiger partial charge on any atom is 0.543 e. The molecule has 7 nitrogen and oxygen atoms in total. The van der Waals surface area contributed by atoms with E-state index in [2.05, 4.69) is 28.7 Å². The number of carbonyl (C=O) groups excluding carboxylic acids is 2. The van der Waals surface area contributed by atoms with E-state index in [-0.39, 0.29) is 12.2 Å². The monoisotopic (exact) mass is 522 g/mol. The van der Waals surface area contributed by atoms with Crippen molar-refractivity contribution in [2.45, 2.75) is 129 Å². The summed E-state index contributed by atoms with van der Waals surface area (Å²) in [5, 5.41) is 4.25. The Morgan fingerprint density at radius 2 is 1.05 bits per heavy atom. The summed E-state index contributed by atoms with van der Waals surface area (Å²) in [6, 6.07) is 6.42. The fourth-order valence-electron chi connectivity index (χ4n) is 3.98. The van der Waals surface area contributed by atoms with Gasteiger partial charge in [-0.2, -0.15) is 0 Å². The van der Waals surface area contributed by atoms with Crippen molar-refractivity contribution >= 4 is 12.1 Å². The molecule has 0 amide bonds. The van der Waals surface area contributed by atoms with E-state index < -0.39 is 12.1 Å². The normalized spacial score (nSPS) is 10.8. The lowest BCUT2D eigenvalue weighted by molar-refractivity contribution is -0.452. The third kappa shape index (κ3) is 19.5. The summed E-state index contributed by atoms with van der Waals surface area (Å²) in [4.78, 5) is 32.2. The number of benzene rings is 1. The highest BCUT2D eigenvalue weighted by Gasteiger charge is 2.12. The SMILES string of the molecule is CCCCCCCCCCCCCCCCCCOC(=O)OOOC(=O)c1ccc(OCCCC)cc1. The number of hydrogen-bond acceptors (Lipinski definition) is 7. The van der Waals surface area contributed by atoms with Crippen LogP contribution in [0.3, 0.4) is 0 Å². The second kappa shape index (κ2) is 24.1. The predicted octanol–water partition coefficient (Wildman–Crippen LogP) is 9.28. The van der Waals surface area contributed by atoms with Gasteiger partial charge in [0.2, 0.25) is 0 Å². The van der Waals surface area contributed by atoms with E-state index in [4.69, 9.17) is 9.47 Å². The molecule has 1 aromatic rings. The van der Waals surface area contributed by atoms with Gasteiger partial charge in [-0.3, -0.25) is 4.89 Å². The molecule has 0 radical (unpaired) electrons. The number of hydrogen-bond donors (Lipinski definition) is 0. The zero-order valence-electron chi connectivity index (χ0n) is 23.3. The fraction of sp³-hybridized carbons (Fsp3) is 0.733. The molecule has 0 spiro atoms. The molecule has 1 aromatic carbocycles. The topological polar surface area (TPSA) is 80.3 Å². The molecule has 0 unspecified atom stereocenters. The first-order chi connectivity index (χ1) is 18.2. The van der Waals surface area contributed by atoms with E-state index in [0.717, 1.165) is 32.1 Å². The van der Waals surface area contributed by atoms with Crippen LogP contribution in [0.15, 0.2) is 24.3 Å². The second-order valence-electron chi connectivity index (χ2n) is 9.65. The average molecular weight is 523 g/mol. The summed E-state index contributed by atoms with van der Waals surface area (Å²) in [5.74, 6) is -0.120. The first kappa shape index (κ1) is 32.7. The molecule has 0 fully saturated rings. The van der Waals surface area contributed by atoms with Crippen LogP contribution in [0.4, 0.5) is 4.79 Å². The van der Waals surface area contributed by atoms with E-state index in [1.807, 2.05) is 0 Å². The molecule has 7 heteroatoms. The van der Waals surface area contributed by atoms with Crippen LogP contribution in [-0.2, 0) is 19.6 Å². The summed E-state index contributed by atoms with van der Waals surface area (Å²) in [7, 11) is 0. The van der Waals surface area contributed by atoms with Crippen molar-refractivity contribution in [3.63, 3.8) is 0 Å². The molecule has 0 saturated carbocycles. The fourth-order valence-corrected chi connectivity index (χ4v) is 3.98. The molecule has 212 valence electrons. The van der Waals surface area contributed by atoms with Crippen LogP contribution < -0.4 is 4.74 Å². The van der Waals surface area contributed by atoms with E-state index >= 15 is 0 Å². The molecule has 0 aliphatic heterocycles. The van der Waals surface area contributed by atoms with Crippen molar-refractivity contribution in [3.8, 4) is 5.75 Å². The molecule has 0 aliphatic carbocycles. The summed E-state index contributed by atoms with van der Waals surface area (Å²) in [6.07, 6.45) is 21.5. The smallest absolute Gasteiger partial charge is 0.494 e. The van der Waals surface area contributed by atoms with Gasteiger partial charge in [0.25, 0.3) is 0 Å². The van der Waals surface area contributed by atoms with Crippen LogP contribution in [0.2, 0.25) is 0 Å². The van der Waals surface area contributed by atoms with Crippen LogP contribution in [0.1, 0.15) is 140 Å². The van der Waals surface area contributed by atoms with Gasteiger partial charge in [-0.15, -0.1) is 0 Å². The van der Waals surface area contributed by atoms with Gasteiger partial charge in [0, 0.05) is 0 Å². The zero-order chi connectivity index (χ0) is 26.8. The van der Waals surface area contributed by atoms with Crippen molar-refractivity contribution in [1.29, 1.82) is 0 Å². The highest BCUT2D eigenvalue weighted by molar-refractivity contribution is 5.89. The highest BCUT2D eigenvalue weighted by atomic mass is 17.5. The lowest BCUT2D eigenvalue weighted by atomic mass is 10.0. The predicted molar refractivity (Wildman–Crippen MR) is 145 cm³/mol. The highest BCUT2D eigenvalue weighted by Crippen LogP contribution is 2.15. The standard InChI is InChI=1S/C30H50O7/c1-3-5-7-8-9-10-11-12-13-14-15-16-17-18-19-20-26-34-30(32)36-37-35-29(31)27-21-23-28(24-22-27)33-25-6-4-2/h21-24H,3-20,25-26H2,1-2H3. The van der Waals surface area contributed by atoms with Gasteiger partial charge in [-0.05, 0) is 37.1 Å². The van der Waals surface area contributed by atoms with Crippen LogP contribution in [-0.4, -0.2) is 25.3 Å². The Morgan fingerprint density at radius 1 is 0.568 bits per heavy atom. The number of ether oxygens (including phenoxy) is 2. The van der Waals surface area contributed by atoms with Crippen molar-refractivity contribution in [2.24, 2.45) is 0 Å². The first-order valence-electron chi connectivity index (χ1n) is 14.6. The Balaban J connectivity index is 1.88. The van der Waals surface area contributed by atoms with E-state index in [0.29, 0.717) is 12.4 Å². The molecular weight excluding hydrogens is 472 g/mol. The molecule has 0 N–H and O–H groups in total. The van der Waals surface area contributed by atoms with Gasteiger partial charge in [0.1, 0.15) is 5.75 Å². The minimum atomic E-state index is -1.03. The Hall–Kier alpha value is -2.28. The number of rotatable bonds is 24. The van der Waals surface area contributed by atoms with Gasteiger partial charge >= 0.3 is 12.1 Å². The van der Waals surface area contributed by atoms with Gasteiger partial charge in [0.15, 0.2) is 0 Å². The van der Waals surface area contributed by atoms with Crippen LogP contribution >= 0.6 is 0 Å². The summed E-state index contributed by atoms with van der Waals surface area (Å²) in [5.41, 5.74) is 0.243. The van der Waals surface area contributed by atoms with Crippen molar-refractivity contribution < 1.29 is 33.9 Å². The molecule has 0 bridgehead atoms. The zero-order valence-corrected chi connectivity index (χ0v) is 23.3. The van der Waals surface area contributed by atoms with Crippen LogP contribution in [0.5, 0.6) is 5.75 Å². The van der Waals surface area contributed by atoms with Gasteiger partial charge < -0.3 is 9.47 Å². The average Bonchev–Trinajstić information content (AvgIpc) is 2.91. The summed E-state index contributed by atoms with van der Waals surface area (Å²) in [6.45, 7) is 5.22. The summed E-state index contributed by atoms with van der Waals surface area (Å²) >= 11 is 0. The Labute approximate surface area is 224 Å². The quantitative estimate of drug-likeness (QED) is 0.0579. The summed E-state index contributed by atoms with van der Waals surface area (Å²) < 4.78 is 10.5. The largest absolute Gasteiger partial charge is 0.543 e. The molecule has 0 aliphatic rings. The van der Waals surface area contributed by atoms with E-state index in [9.17, 15) is 9.59 Å². The molecular formula is C30H50O7. The van der Waals surface area contributed by atoms with Crippen molar-refractivity contribution in [2.75, 3.05) is 13.2 Å². The Morgan fingerprint density at radius 3 is 1.57 bits per heavy atom. The van der Waals surface area contributed by atoms with Gasteiger partial charge in [-0.25, -0.2) is 14.5 Å². The number of unbranched alkanes of at least 4 members (excludes halogenated alkanes) is 16. The molecule has 37 heavy (non-hydrogen) atoms. The lowest BCUT2D eigenvalue weighted by Crippen LogP contribution is -2.12. The lowest BCUT2D eigenvalue weighted by Gasteiger charge is -2.06. The maximum absolute atomic E-state index is 11.9. The van der Waals surface area contributed by atoms with Gasteiger partial charge in [0.05, 0.1) is 23.8 Å².